The lowest BCUT2D eigenvalue weighted by Gasteiger charge is -2.28. The molecule has 0 saturated carbocycles. The van der Waals surface area contributed by atoms with E-state index in [0.717, 1.165) is 5.56 Å². The molecule has 0 bridgehead atoms. The Hall–Kier alpha value is -2.34. The number of likely N-dealkylation sites (N-methyl/N-ethyl adjacent to an activating group) is 1. The molecule has 0 aromatic heterocycles. The van der Waals surface area contributed by atoms with Crippen molar-refractivity contribution in [1.82, 2.24) is 9.80 Å². The first-order chi connectivity index (χ1) is 10.9. The zero-order valence-corrected chi connectivity index (χ0v) is 13.9. The number of nitrogens with zero attached hydrogens (tertiary/aromatic N) is 2. The maximum atomic E-state index is 12.4. The Balaban J connectivity index is 2.46. The van der Waals surface area contributed by atoms with Crippen molar-refractivity contribution in [2.24, 2.45) is 0 Å². The summed E-state index contributed by atoms with van der Waals surface area (Å²) in [7, 11) is 5.36. The number of benzene rings is 1. The number of rotatable bonds is 6. The summed E-state index contributed by atoms with van der Waals surface area (Å²) in [5, 5.41) is 10.1. The molecule has 1 aromatic carbocycles. The second kappa shape index (κ2) is 6.83. The molecule has 1 heterocycles. The second-order valence-corrected chi connectivity index (χ2v) is 5.80. The minimum Gasteiger partial charge on any atom is -0.503 e. The van der Waals surface area contributed by atoms with Crippen molar-refractivity contribution in [3.05, 3.63) is 41.2 Å². The van der Waals surface area contributed by atoms with Crippen LogP contribution in [0.1, 0.15) is 18.5 Å². The summed E-state index contributed by atoms with van der Waals surface area (Å²) in [5.74, 6) is -0.637. The number of Topliss-reactive ketones (excluding diaryl/α,β-unsaturated/α-hetero) is 1. The van der Waals surface area contributed by atoms with Gasteiger partial charge in [-0.1, -0.05) is 12.1 Å². The maximum Gasteiger partial charge on any atom is 0.290 e. The SMILES string of the molecule is COc1cccc([C@@H]2C(C(C)=O)=C(O)C(=O)N2CCN(C)C)c1. The molecule has 1 aromatic rings. The quantitative estimate of drug-likeness (QED) is 0.861. The monoisotopic (exact) mass is 318 g/mol. The van der Waals surface area contributed by atoms with Crippen LogP contribution in [0, 0.1) is 0 Å². The van der Waals surface area contributed by atoms with Gasteiger partial charge in [-0.05, 0) is 38.7 Å². The highest BCUT2D eigenvalue weighted by molar-refractivity contribution is 6.08. The number of ether oxygens (including phenoxy) is 1. The summed E-state index contributed by atoms with van der Waals surface area (Å²) in [5.41, 5.74) is 0.882. The predicted octanol–water partition coefficient (Wildman–Crippen LogP) is 1.54. The average molecular weight is 318 g/mol. The molecule has 6 nitrogen and oxygen atoms in total. The van der Waals surface area contributed by atoms with E-state index in [1.54, 1.807) is 25.3 Å². The molecule has 2 rings (SSSR count). The van der Waals surface area contributed by atoms with Crippen LogP contribution in [-0.2, 0) is 9.59 Å². The van der Waals surface area contributed by atoms with Crippen LogP contribution < -0.4 is 4.74 Å². The van der Waals surface area contributed by atoms with Gasteiger partial charge in [0, 0.05) is 13.1 Å². The highest BCUT2D eigenvalue weighted by Gasteiger charge is 2.42. The van der Waals surface area contributed by atoms with E-state index in [1.165, 1.54) is 11.8 Å². The molecule has 1 N–H and O–H groups in total. The summed E-state index contributed by atoms with van der Waals surface area (Å²) in [6.45, 7) is 2.40. The highest BCUT2D eigenvalue weighted by atomic mass is 16.5. The topological polar surface area (TPSA) is 70.1 Å². The van der Waals surface area contributed by atoms with Gasteiger partial charge in [0.2, 0.25) is 0 Å². The molecular formula is C17H22N2O4. The van der Waals surface area contributed by atoms with Crippen LogP contribution in [0.15, 0.2) is 35.6 Å². The lowest BCUT2D eigenvalue weighted by Crippen LogP contribution is -2.36. The number of carbonyl (C=O) groups excluding carboxylic acids is 2. The number of methoxy groups -OCH3 is 1. The van der Waals surface area contributed by atoms with Crippen molar-refractivity contribution < 1.29 is 19.4 Å². The maximum absolute atomic E-state index is 12.4. The van der Waals surface area contributed by atoms with E-state index in [4.69, 9.17) is 4.74 Å². The van der Waals surface area contributed by atoms with Crippen molar-refractivity contribution in [3.63, 3.8) is 0 Å². The van der Waals surface area contributed by atoms with Gasteiger partial charge in [-0.15, -0.1) is 0 Å². The third-order valence-electron chi connectivity index (χ3n) is 3.88. The van der Waals surface area contributed by atoms with Gasteiger partial charge >= 0.3 is 0 Å². The molecule has 0 unspecified atom stereocenters. The van der Waals surface area contributed by atoms with Crippen molar-refractivity contribution in [2.75, 3.05) is 34.3 Å². The van der Waals surface area contributed by atoms with Crippen LogP contribution in [0.2, 0.25) is 0 Å². The first-order valence-corrected chi connectivity index (χ1v) is 7.40. The van der Waals surface area contributed by atoms with Gasteiger partial charge in [0.25, 0.3) is 5.91 Å². The number of ketones is 1. The van der Waals surface area contributed by atoms with Crippen LogP contribution in [0.4, 0.5) is 0 Å². The van der Waals surface area contributed by atoms with Crippen molar-refractivity contribution in [2.45, 2.75) is 13.0 Å². The zero-order valence-electron chi connectivity index (χ0n) is 13.9. The van der Waals surface area contributed by atoms with Crippen molar-refractivity contribution in [1.29, 1.82) is 0 Å². The summed E-state index contributed by atoms with van der Waals surface area (Å²) in [6, 6.07) is 6.61. The van der Waals surface area contributed by atoms with E-state index in [0.29, 0.717) is 18.8 Å². The van der Waals surface area contributed by atoms with Gasteiger partial charge in [0.1, 0.15) is 5.75 Å². The molecule has 23 heavy (non-hydrogen) atoms. The fourth-order valence-electron chi connectivity index (χ4n) is 2.71. The lowest BCUT2D eigenvalue weighted by atomic mass is 9.96. The summed E-state index contributed by atoms with van der Waals surface area (Å²) in [6.07, 6.45) is 0. The Morgan fingerprint density at radius 3 is 2.65 bits per heavy atom. The molecule has 0 fully saturated rings. The third-order valence-corrected chi connectivity index (χ3v) is 3.88. The summed E-state index contributed by atoms with van der Waals surface area (Å²) < 4.78 is 5.22. The number of aliphatic hydroxyl groups is 1. The standard InChI is InChI=1S/C17H22N2O4/c1-11(20)14-15(12-6-5-7-13(10-12)23-4)19(9-8-18(2)3)17(22)16(14)21/h5-7,10,15,21H,8-9H2,1-4H3/t15-/m1/s1. The molecule has 0 saturated heterocycles. The van der Waals surface area contributed by atoms with Gasteiger partial charge in [-0.3, -0.25) is 9.59 Å². The highest BCUT2D eigenvalue weighted by Crippen LogP contribution is 2.38. The Morgan fingerprint density at radius 2 is 2.09 bits per heavy atom. The van der Waals surface area contributed by atoms with Crippen LogP contribution in [-0.4, -0.2) is 60.9 Å². The fourth-order valence-corrected chi connectivity index (χ4v) is 2.71. The van der Waals surface area contributed by atoms with Crippen molar-refractivity contribution in [3.8, 4) is 5.75 Å². The van der Waals surface area contributed by atoms with E-state index in [-0.39, 0.29) is 11.4 Å². The van der Waals surface area contributed by atoms with Crippen LogP contribution in [0.5, 0.6) is 5.75 Å². The van der Waals surface area contributed by atoms with Gasteiger partial charge in [0.05, 0.1) is 18.7 Å². The molecule has 0 radical (unpaired) electrons. The third kappa shape index (κ3) is 3.37. The van der Waals surface area contributed by atoms with Crippen LogP contribution in [0.25, 0.3) is 0 Å². The number of aliphatic hydroxyl groups excluding tert-OH is 1. The van der Waals surface area contributed by atoms with Crippen molar-refractivity contribution >= 4 is 11.7 Å². The molecular weight excluding hydrogens is 296 g/mol. The van der Waals surface area contributed by atoms with Gasteiger partial charge in [-0.2, -0.15) is 0 Å². The first-order valence-electron chi connectivity index (χ1n) is 7.40. The Kier molecular flexibility index (Phi) is 5.05. The normalized spacial score (nSPS) is 18.0. The smallest absolute Gasteiger partial charge is 0.290 e. The zero-order chi connectivity index (χ0) is 17.1. The van der Waals surface area contributed by atoms with Gasteiger partial charge in [-0.25, -0.2) is 0 Å². The molecule has 1 aliphatic rings. The molecule has 124 valence electrons. The predicted molar refractivity (Wildman–Crippen MR) is 86.3 cm³/mol. The van der Waals surface area contributed by atoms with E-state index in [1.807, 2.05) is 25.1 Å². The molecule has 1 atom stereocenters. The Labute approximate surface area is 136 Å². The van der Waals surface area contributed by atoms with Crippen LogP contribution in [0.3, 0.4) is 0 Å². The van der Waals surface area contributed by atoms with E-state index < -0.39 is 17.7 Å². The fraction of sp³-hybridized carbons (Fsp3) is 0.412. The molecule has 1 amide bonds. The minimum atomic E-state index is -0.588. The lowest BCUT2D eigenvalue weighted by molar-refractivity contribution is -0.129. The van der Waals surface area contributed by atoms with E-state index >= 15 is 0 Å². The summed E-state index contributed by atoms with van der Waals surface area (Å²) >= 11 is 0. The van der Waals surface area contributed by atoms with Crippen LogP contribution >= 0.6 is 0 Å². The Bertz CT molecular complexity index is 652. The van der Waals surface area contributed by atoms with Gasteiger partial charge < -0.3 is 19.6 Å². The Morgan fingerprint density at radius 1 is 1.39 bits per heavy atom. The first kappa shape index (κ1) is 17.0. The summed E-state index contributed by atoms with van der Waals surface area (Å²) in [4.78, 5) is 27.8. The second-order valence-electron chi connectivity index (χ2n) is 5.80. The minimum absolute atomic E-state index is 0.141. The average Bonchev–Trinajstić information content (AvgIpc) is 2.77. The largest absolute Gasteiger partial charge is 0.503 e. The number of carbonyl (C=O) groups is 2. The van der Waals surface area contributed by atoms with E-state index in [2.05, 4.69) is 0 Å². The molecule has 0 aliphatic carbocycles. The van der Waals surface area contributed by atoms with E-state index in [9.17, 15) is 14.7 Å². The number of hydrogen-bond acceptors (Lipinski definition) is 5. The van der Waals surface area contributed by atoms with Gasteiger partial charge in [0.15, 0.2) is 11.5 Å². The molecule has 0 spiro atoms. The molecule has 1 aliphatic heterocycles. The molecule has 6 heteroatoms. The number of hydrogen-bond donors (Lipinski definition) is 1. The number of amides is 1.